The van der Waals surface area contributed by atoms with Gasteiger partial charge < -0.3 is 4.74 Å². The maximum atomic E-state index is 12.4. The van der Waals surface area contributed by atoms with Crippen molar-refractivity contribution in [3.8, 4) is 5.75 Å². The minimum absolute atomic E-state index is 0.0508. The molecule has 0 heterocycles. The molecule has 0 aliphatic heterocycles. The Balaban J connectivity index is 2.09. The average Bonchev–Trinajstić information content (AvgIpc) is 2.46. The molecule has 0 radical (unpaired) electrons. The van der Waals surface area contributed by atoms with E-state index in [-0.39, 0.29) is 11.9 Å². The molecule has 110 valence electrons. The molecule has 2 rings (SSSR count). The van der Waals surface area contributed by atoms with Crippen molar-refractivity contribution in [1.82, 2.24) is 0 Å². The maximum absolute atomic E-state index is 12.4. The molecule has 0 bridgehead atoms. The number of para-hydroxylation sites is 1. The molecule has 0 spiro atoms. The van der Waals surface area contributed by atoms with Crippen molar-refractivity contribution < 1.29 is 9.53 Å². The van der Waals surface area contributed by atoms with Crippen LogP contribution in [-0.2, 0) is 0 Å². The minimum atomic E-state index is 0.0508. The van der Waals surface area contributed by atoms with E-state index in [1.165, 1.54) is 11.8 Å². The topological polar surface area (TPSA) is 26.3 Å². The smallest absolute Gasteiger partial charge is 0.176 e. The van der Waals surface area contributed by atoms with Gasteiger partial charge in [-0.25, -0.2) is 0 Å². The summed E-state index contributed by atoms with van der Waals surface area (Å²) in [4.78, 5) is 13.5. The number of rotatable bonds is 6. The first-order valence-corrected chi connectivity index (χ1v) is 8.52. The number of ether oxygens (including phenoxy) is 1. The first-order valence-electron chi connectivity index (χ1n) is 6.74. The summed E-state index contributed by atoms with van der Waals surface area (Å²) >= 11 is 5.02. The molecule has 0 unspecified atom stereocenters. The fourth-order valence-corrected chi connectivity index (χ4v) is 3.29. The number of thioether (sulfide) groups is 1. The summed E-state index contributed by atoms with van der Waals surface area (Å²) in [5.41, 5.74) is 0.644. The predicted octanol–water partition coefficient (Wildman–Crippen LogP) is 5.21. The lowest BCUT2D eigenvalue weighted by Crippen LogP contribution is -2.11. The van der Waals surface area contributed by atoms with Crippen molar-refractivity contribution in [2.24, 2.45) is 0 Å². The zero-order valence-electron chi connectivity index (χ0n) is 12.0. The zero-order valence-corrected chi connectivity index (χ0v) is 14.4. The van der Waals surface area contributed by atoms with Gasteiger partial charge in [-0.05, 0) is 54.0 Å². The monoisotopic (exact) mass is 364 g/mol. The van der Waals surface area contributed by atoms with Crippen LogP contribution in [0, 0.1) is 0 Å². The van der Waals surface area contributed by atoms with Gasteiger partial charge in [0.25, 0.3) is 0 Å². The first kappa shape index (κ1) is 16.1. The van der Waals surface area contributed by atoms with Crippen LogP contribution in [0.2, 0.25) is 0 Å². The number of Topliss-reactive ketones (excluding diaryl/α,β-unsaturated/α-hetero) is 1. The lowest BCUT2D eigenvalue weighted by atomic mass is 10.1. The first-order chi connectivity index (χ1) is 10.1. The van der Waals surface area contributed by atoms with Crippen LogP contribution in [0.4, 0.5) is 0 Å². The van der Waals surface area contributed by atoms with Crippen LogP contribution in [-0.4, -0.2) is 17.6 Å². The van der Waals surface area contributed by atoms with Crippen molar-refractivity contribution >= 4 is 33.5 Å². The molecule has 0 aliphatic rings. The lowest BCUT2D eigenvalue weighted by molar-refractivity contribution is 0.101. The molecule has 0 fully saturated rings. The van der Waals surface area contributed by atoms with Gasteiger partial charge >= 0.3 is 0 Å². The SMILES string of the molecule is CC(C)Oc1ccccc1C(=O)CSc1ccccc1Br. The Hall–Kier alpha value is -1.26. The van der Waals surface area contributed by atoms with E-state index in [9.17, 15) is 4.79 Å². The van der Waals surface area contributed by atoms with Crippen molar-refractivity contribution in [2.75, 3.05) is 5.75 Å². The van der Waals surface area contributed by atoms with E-state index in [2.05, 4.69) is 15.9 Å². The summed E-state index contributed by atoms with van der Waals surface area (Å²) in [6, 6.07) is 15.3. The fourth-order valence-electron chi connectivity index (χ4n) is 1.84. The molecule has 21 heavy (non-hydrogen) atoms. The van der Waals surface area contributed by atoms with E-state index in [1.54, 1.807) is 0 Å². The number of ketones is 1. The van der Waals surface area contributed by atoms with Gasteiger partial charge in [0.2, 0.25) is 0 Å². The molecule has 0 saturated heterocycles. The van der Waals surface area contributed by atoms with Crippen molar-refractivity contribution in [2.45, 2.75) is 24.8 Å². The Bertz CT molecular complexity index is 626. The number of carbonyl (C=O) groups excluding carboxylic acids is 1. The zero-order chi connectivity index (χ0) is 15.2. The highest BCUT2D eigenvalue weighted by molar-refractivity contribution is 9.10. The highest BCUT2D eigenvalue weighted by Crippen LogP contribution is 2.29. The number of hydrogen-bond donors (Lipinski definition) is 0. The molecule has 0 N–H and O–H groups in total. The van der Waals surface area contributed by atoms with Crippen molar-refractivity contribution in [1.29, 1.82) is 0 Å². The van der Waals surface area contributed by atoms with Gasteiger partial charge in [-0.1, -0.05) is 24.3 Å². The molecule has 2 aromatic rings. The van der Waals surface area contributed by atoms with Crippen LogP contribution in [0.5, 0.6) is 5.75 Å². The van der Waals surface area contributed by atoms with Crippen LogP contribution >= 0.6 is 27.7 Å². The van der Waals surface area contributed by atoms with Gasteiger partial charge in [0.05, 0.1) is 17.4 Å². The second kappa shape index (κ2) is 7.66. The maximum Gasteiger partial charge on any atom is 0.176 e. The molecule has 0 saturated carbocycles. The normalized spacial score (nSPS) is 10.7. The van der Waals surface area contributed by atoms with Gasteiger partial charge in [-0.3, -0.25) is 4.79 Å². The predicted molar refractivity (Wildman–Crippen MR) is 91.4 cm³/mol. The van der Waals surface area contributed by atoms with Crippen LogP contribution in [0.15, 0.2) is 57.9 Å². The van der Waals surface area contributed by atoms with Gasteiger partial charge in [-0.15, -0.1) is 11.8 Å². The highest BCUT2D eigenvalue weighted by Gasteiger charge is 2.14. The van der Waals surface area contributed by atoms with Crippen LogP contribution in [0.3, 0.4) is 0 Å². The number of halogens is 1. The summed E-state index contributed by atoms with van der Waals surface area (Å²) in [5.74, 6) is 1.12. The lowest BCUT2D eigenvalue weighted by Gasteiger charge is -2.13. The molecule has 0 amide bonds. The summed E-state index contributed by atoms with van der Waals surface area (Å²) in [6.07, 6.45) is 0.0508. The second-order valence-electron chi connectivity index (χ2n) is 4.81. The number of benzene rings is 2. The van der Waals surface area contributed by atoms with Crippen molar-refractivity contribution in [3.05, 3.63) is 58.6 Å². The third-order valence-corrected chi connectivity index (χ3v) is 4.77. The number of carbonyl (C=O) groups is 1. The molecule has 0 aromatic heterocycles. The largest absolute Gasteiger partial charge is 0.490 e. The standard InChI is InChI=1S/C17H17BrO2S/c1-12(2)20-16-9-5-3-7-13(16)15(19)11-21-17-10-6-4-8-14(17)18/h3-10,12H,11H2,1-2H3. The van der Waals surface area contributed by atoms with E-state index in [4.69, 9.17) is 4.74 Å². The van der Waals surface area contributed by atoms with Crippen LogP contribution in [0.25, 0.3) is 0 Å². The summed E-state index contributed by atoms with van der Waals surface area (Å²) < 4.78 is 6.71. The molecule has 4 heteroatoms. The van der Waals surface area contributed by atoms with E-state index >= 15 is 0 Å². The fraction of sp³-hybridized carbons (Fsp3) is 0.235. The Morgan fingerprint density at radius 1 is 1.14 bits per heavy atom. The van der Waals surface area contributed by atoms with E-state index in [1.807, 2.05) is 62.4 Å². The molecule has 0 atom stereocenters. The molecule has 2 nitrogen and oxygen atoms in total. The summed E-state index contributed by atoms with van der Waals surface area (Å²) in [5, 5.41) is 0. The number of hydrogen-bond acceptors (Lipinski definition) is 3. The summed E-state index contributed by atoms with van der Waals surface area (Å²) in [6.45, 7) is 3.91. The van der Waals surface area contributed by atoms with E-state index in [0.717, 1.165) is 9.37 Å². The van der Waals surface area contributed by atoms with Crippen molar-refractivity contribution in [3.63, 3.8) is 0 Å². The second-order valence-corrected chi connectivity index (χ2v) is 6.68. The van der Waals surface area contributed by atoms with Crippen LogP contribution in [0.1, 0.15) is 24.2 Å². The Morgan fingerprint density at radius 3 is 2.52 bits per heavy atom. The third kappa shape index (κ3) is 4.61. The Kier molecular flexibility index (Phi) is 5.88. The quantitative estimate of drug-likeness (QED) is 0.519. The van der Waals surface area contributed by atoms with E-state index < -0.39 is 0 Å². The molecule has 0 aliphatic carbocycles. The van der Waals surface area contributed by atoms with Gasteiger partial charge in [-0.2, -0.15) is 0 Å². The molecular weight excluding hydrogens is 348 g/mol. The molecule has 2 aromatic carbocycles. The Morgan fingerprint density at radius 2 is 1.81 bits per heavy atom. The minimum Gasteiger partial charge on any atom is -0.490 e. The Labute approximate surface area is 138 Å². The van der Waals surface area contributed by atoms with Crippen LogP contribution < -0.4 is 4.74 Å². The summed E-state index contributed by atoms with van der Waals surface area (Å²) in [7, 11) is 0. The highest BCUT2D eigenvalue weighted by atomic mass is 79.9. The van der Waals surface area contributed by atoms with E-state index in [0.29, 0.717) is 17.1 Å². The van der Waals surface area contributed by atoms with Gasteiger partial charge in [0, 0.05) is 9.37 Å². The average molecular weight is 365 g/mol. The van der Waals surface area contributed by atoms with Gasteiger partial charge in [0.15, 0.2) is 5.78 Å². The van der Waals surface area contributed by atoms with Gasteiger partial charge in [0.1, 0.15) is 5.75 Å². The molecular formula is C17H17BrO2S. The third-order valence-electron chi connectivity index (χ3n) is 2.75.